The van der Waals surface area contributed by atoms with Crippen LogP contribution in [0.3, 0.4) is 0 Å². The average Bonchev–Trinajstić information content (AvgIpc) is 3.20. The van der Waals surface area contributed by atoms with Gasteiger partial charge in [0.1, 0.15) is 0 Å². The minimum absolute atomic E-state index is 0.00188. The number of fused-ring (bicyclic) bond motifs is 2. The van der Waals surface area contributed by atoms with Gasteiger partial charge in [0.15, 0.2) is 48.9 Å². The molecule has 5 aliphatic heterocycles. The zero-order chi connectivity index (χ0) is 32.7. The number of carbonyl (C=O) groups is 4. The smallest absolute Gasteiger partial charge is 0.339 e. The summed E-state index contributed by atoms with van der Waals surface area (Å²) in [4.78, 5) is 61.3. The predicted octanol–water partition coefficient (Wildman–Crippen LogP) is 1.92. The van der Waals surface area contributed by atoms with Gasteiger partial charge in [0, 0.05) is 51.6 Å². The van der Waals surface area contributed by atoms with E-state index in [1.54, 1.807) is 0 Å². The van der Waals surface area contributed by atoms with Gasteiger partial charge in [-0.15, -0.1) is 0 Å². The van der Waals surface area contributed by atoms with E-state index in [4.69, 9.17) is 52.4 Å². The molecule has 0 aromatic rings. The molecule has 6 fully saturated rings. The van der Waals surface area contributed by atoms with Crippen LogP contribution in [0, 0.1) is 23.7 Å². The van der Waals surface area contributed by atoms with Crippen LogP contribution in [0.15, 0.2) is 0 Å². The molecule has 0 N–H and O–H groups in total. The number of hydrogen-bond donors (Lipinski definition) is 0. The highest BCUT2D eigenvalue weighted by molar-refractivity contribution is 5.77. The maximum atomic E-state index is 12.8. The van der Waals surface area contributed by atoms with E-state index in [-0.39, 0.29) is 30.3 Å². The maximum absolute atomic E-state index is 12.8. The van der Waals surface area contributed by atoms with Gasteiger partial charge in [-0.05, 0) is 39.0 Å². The van der Waals surface area contributed by atoms with Crippen molar-refractivity contribution in [3.05, 3.63) is 0 Å². The molecule has 0 radical (unpaired) electrons. The van der Waals surface area contributed by atoms with E-state index in [9.17, 15) is 19.2 Å². The molecule has 6 rings (SSSR count). The molecule has 0 amide bonds. The van der Waals surface area contributed by atoms with Crippen molar-refractivity contribution in [1.82, 2.24) is 0 Å². The SMILES string of the molecule is CCO[C@H]1O[C@@H]2O[C@@]3(C)CC[C@H]4[C@H](CO[C@@H]5O[C@H](C(=O)OC)[C@@H](OC(C)=O)[C@H](OC(C)=O)[C@H]5OC(C)=O)CC[C@@H]([C@H]1C)[C@@]24OO3. The van der Waals surface area contributed by atoms with Crippen LogP contribution in [0.2, 0.25) is 0 Å². The summed E-state index contributed by atoms with van der Waals surface area (Å²) >= 11 is 0. The molecular formula is C30H44O15. The molecule has 5 saturated heterocycles. The van der Waals surface area contributed by atoms with Gasteiger partial charge in [-0.3, -0.25) is 14.4 Å². The summed E-state index contributed by atoms with van der Waals surface area (Å²) < 4.78 is 52.2. The first-order valence-electron chi connectivity index (χ1n) is 15.5. The molecule has 6 aliphatic rings. The topological polar surface area (TPSA) is 170 Å². The molecule has 45 heavy (non-hydrogen) atoms. The second-order valence-electron chi connectivity index (χ2n) is 12.5. The first-order chi connectivity index (χ1) is 21.3. The standard InChI is InChI=1S/C30H44O15/c1-8-36-26-14(2)19-10-9-18(20-11-12-29(6)43-28(42-26)30(19,20)45-44-29)13-37-27-24(40-17(5)33)22(39-16(4)32)21(38-15(3)31)23(41-27)25(34)35-7/h14,18-24,26-28H,8-13H2,1-7H3/t14-,18+,19+,20+,21+,22+,23+,24-,26+,27-,28-,29-,30+/m1/s1. The fraction of sp³-hybridized carbons (Fsp3) is 0.867. The van der Waals surface area contributed by atoms with Gasteiger partial charge in [0.2, 0.25) is 5.79 Å². The summed E-state index contributed by atoms with van der Waals surface area (Å²) in [6.07, 6.45) is -5.74. The molecule has 5 heterocycles. The number of ether oxygens (including phenoxy) is 9. The molecule has 0 aromatic carbocycles. The van der Waals surface area contributed by atoms with E-state index in [1.165, 1.54) is 0 Å². The van der Waals surface area contributed by atoms with Gasteiger partial charge in [0.05, 0.1) is 13.7 Å². The summed E-state index contributed by atoms with van der Waals surface area (Å²) in [5.74, 6) is -4.47. The molecule has 1 spiro atoms. The molecule has 1 aliphatic carbocycles. The number of rotatable bonds is 9. The van der Waals surface area contributed by atoms with Gasteiger partial charge < -0.3 is 42.6 Å². The Morgan fingerprint density at radius 3 is 2.11 bits per heavy atom. The predicted molar refractivity (Wildman–Crippen MR) is 146 cm³/mol. The van der Waals surface area contributed by atoms with Gasteiger partial charge >= 0.3 is 23.9 Å². The minimum atomic E-state index is -1.54. The lowest BCUT2D eigenvalue weighted by Crippen LogP contribution is -2.71. The van der Waals surface area contributed by atoms with Crippen LogP contribution in [-0.4, -0.2) is 98.9 Å². The molecular weight excluding hydrogens is 600 g/mol. The molecule has 1 saturated carbocycles. The summed E-state index contributed by atoms with van der Waals surface area (Å²) in [6, 6.07) is 0. The lowest BCUT2D eigenvalue weighted by Gasteiger charge is -2.60. The quantitative estimate of drug-likeness (QED) is 0.202. The zero-order valence-electron chi connectivity index (χ0n) is 26.7. The Bertz CT molecular complexity index is 1130. The van der Waals surface area contributed by atoms with E-state index in [0.29, 0.717) is 19.4 Å². The van der Waals surface area contributed by atoms with Crippen molar-refractivity contribution >= 4 is 23.9 Å². The maximum Gasteiger partial charge on any atom is 0.339 e. The van der Waals surface area contributed by atoms with Crippen molar-refractivity contribution in [3.8, 4) is 0 Å². The van der Waals surface area contributed by atoms with Crippen LogP contribution in [0.1, 0.15) is 67.2 Å². The summed E-state index contributed by atoms with van der Waals surface area (Å²) in [5.41, 5.74) is -0.937. The largest absolute Gasteiger partial charge is 0.467 e. The Morgan fingerprint density at radius 1 is 0.800 bits per heavy atom. The Hall–Kier alpha value is -2.40. The highest BCUT2D eigenvalue weighted by Gasteiger charge is 2.70. The first kappa shape index (κ1) is 33.9. The third-order valence-corrected chi connectivity index (χ3v) is 9.53. The van der Waals surface area contributed by atoms with E-state index in [1.807, 2.05) is 13.8 Å². The van der Waals surface area contributed by atoms with Gasteiger partial charge in [-0.25, -0.2) is 14.6 Å². The van der Waals surface area contributed by atoms with E-state index in [0.717, 1.165) is 40.7 Å². The molecule has 0 aromatic heterocycles. The van der Waals surface area contributed by atoms with Crippen molar-refractivity contribution < 1.29 is 71.6 Å². The lowest BCUT2D eigenvalue weighted by atomic mass is 9.58. The van der Waals surface area contributed by atoms with Crippen LogP contribution in [0.4, 0.5) is 0 Å². The molecule has 15 nitrogen and oxygen atoms in total. The average molecular weight is 645 g/mol. The van der Waals surface area contributed by atoms with Crippen molar-refractivity contribution in [2.24, 2.45) is 23.7 Å². The number of esters is 4. The Morgan fingerprint density at radius 2 is 1.47 bits per heavy atom. The molecule has 0 unspecified atom stereocenters. The van der Waals surface area contributed by atoms with Crippen LogP contribution < -0.4 is 0 Å². The number of methoxy groups -OCH3 is 1. The highest BCUT2D eigenvalue weighted by Crippen LogP contribution is 2.60. The third kappa shape index (κ3) is 6.45. The van der Waals surface area contributed by atoms with Crippen LogP contribution in [0.25, 0.3) is 0 Å². The minimum Gasteiger partial charge on any atom is -0.467 e. The van der Waals surface area contributed by atoms with Crippen molar-refractivity contribution in [1.29, 1.82) is 0 Å². The van der Waals surface area contributed by atoms with E-state index < -0.39 is 78.6 Å². The fourth-order valence-corrected chi connectivity index (χ4v) is 7.68. The van der Waals surface area contributed by atoms with Crippen molar-refractivity contribution in [2.75, 3.05) is 20.3 Å². The van der Waals surface area contributed by atoms with Crippen LogP contribution >= 0.6 is 0 Å². The van der Waals surface area contributed by atoms with Gasteiger partial charge in [-0.2, -0.15) is 0 Å². The Kier molecular flexibility index (Phi) is 10.1. The van der Waals surface area contributed by atoms with Gasteiger partial charge in [0.25, 0.3) is 0 Å². The summed E-state index contributed by atoms with van der Waals surface area (Å²) in [7, 11) is 1.13. The van der Waals surface area contributed by atoms with E-state index in [2.05, 4.69) is 6.92 Å². The Labute approximate surface area is 261 Å². The van der Waals surface area contributed by atoms with Crippen molar-refractivity contribution in [2.45, 2.75) is 122 Å². The van der Waals surface area contributed by atoms with Crippen LogP contribution in [-0.2, 0) is 71.6 Å². The second-order valence-corrected chi connectivity index (χ2v) is 12.5. The molecule has 15 heteroatoms. The molecule has 2 bridgehead atoms. The highest BCUT2D eigenvalue weighted by atomic mass is 17.3. The summed E-state index contributed by atoms with van der Waals surface area (Å²) in [5, 5.41) is 0. The summed E-state index contributed by atoms with van der Waals surface area (Å²) in [6.45, 7) is 9.79. The first-order valence-corrected chi connectivity index (χ1v) is 15.5. The van der Waals surface area contributed by atoms with Crippen LogP contribution in [0.5, 0.6) is 0 Å². The molecule has 13 atom stereocenters. The molecule has 254 valence electrons. The number of carbonyl (C=O) groups excluding carboxylic acids is 4. The van der Waals surface area contributed by atoms with Gasteiger partial charge in [-0.1, -0.05) is 6.92 Å². The van der Waals surface area contributed by atoms with E-state index >= 15 is 0 Å². The second kappa shape index (κ2) is 13.4. The zero-order valence-corrected chi connectivity index (χ0v) is 26.7. The lowest BCUT2D eigenvalue weighted by molar-refractivity contribution is -0.577. The Balaban J connectivity index is 1.43. The fourth-order valence-electron chi connectivity index (χ4n) is 7.68. The monoisotopic (exact) mass is 644 g/mol. The normalized spacial score (nSPS) is 43.8. The van der Waals surface area contributed by atoms with Crippen molar-refractivity contribution in [3.63, 3.8) is 0 Å². The third-order valence-electron chi connectivity index (χ3n) is 9.53. The number of hydrogen-bond acceptors (Lipinski definition) is 15.